The van der Waals surface area contributed by atoms with Gasteiger partial charge in [-0.3, -0.25) is 9.36 Å². The molecule has 0 saturated heterocycles. The fourth-order valence-corrected chi connectivity index (χ4v) is 5.80. The third kappa shape index (κ3) is 4.92. The van der Waals surface area contributed by atoms with Crippen molar-refractivity contribution in [3.05, 3.63) is 112 Å². The molecule has 1 atom stereocenters. The molecule has 10 heteroatoms. The Hall–Kier alpha value is -3.10. The monoisotopic (exact) mass is 572 g/mol. The molecule has 1 aliphatic rings. The number of carbonyl (C=O) groups is 1. The van der Waals surface area contributed by atoms with Crippen molar-refractivity contribution in [3.63, 3.8) is 0 Å². The van der Waals surface area contributed by atoms with Crippen molar-refractivity contribution < 1.29 is 13.9 Å². The number of carbonyl (C=O) groups excluding carboxylic acids is 1. The second-order valence-electron chi connectivity index (χ2n) is 8.18. The minimum atomic E-state index is -0.713. The minimum absolute atomic E-state index is 0.200. The molecule has 188 valence electrons. The number of hydrogen-bond acceptors (Lipinski definition) is 6. The molecule has 0 unspecified atom stereocenters. The zero-order valence-corrected chi connectivity index (χ0v) is 22.7. The van der Waals surface area contributed by atoms with Crippen LogP contribution in [-0.4, -0.2) is 17.1 Å². The van der Waals surface area contributed by atoms with E-state index in [2.05, 4.69) is 4.99 Å². The van der Waals surface area contributed by atoms with Gasteiger partial charge < -0.3 is 9.15 Å². The number of thiazole rings is 1. The van der Waals surface area contributed by atoms with Gasteiger partial charge in [0.25, 0.3) is 5.56 Å². The lowest BCUT2D eigenvalue weighted by Crippen LogP contribution is -2.39. The first-order valence-electron chi connectivity index (χ1n) is 11.3. The summed E-state index contributed by atoms with van der Waals surface area (Å²) in [7, 11) is 0. The van der Waals surface area contributed by atoms with Gasteiger partial charge in [-0.25, -0.2) is 9.79 Å². The molecule has 2 aromatic heterocycles. The minimum Gasteiger partial charge on any atom is -0.463 e. The average Bonchev–Trinajstić information content (AvgIpc) is 3.43. The lowest BCUT2D eigenvalue weighted by molar-refractivity contribution is -0.139. The van der Waals surface area contributed by atoms with Crippen molar-refractivity contribution in [2.75, 3.05) is 6.61 Å². The van der Waals surface area contributed by atoms with Gasteiger partial charge in [0.1, 0.15) is 11.5 Å². The lowest BCUT2D eigenvalue weighted by Gasteiger charge is -2.24. The molecule has 0 saturated carbocycles. The highest BCUT2D eigenvalue weighted by Crippen LogP contribution is 2.33. The number of rotatable bonds is 5. The van der Waals surface area contributed by atoms with Crippen LogP contribution in [0.2, 0.25) is 15.1 Å². The zero-order chi connectivity index (χ0) is 26.3. The molecule has 5 rings (SSSR count). The fraction of sp³-hybridized carbons (Fsp3) is 0.148. The maximum absolute atomic E-state index is 13.7. The number of esters is 1. The molecular formula is C27H19Cl3N2O4S. The molecule has 0 aliphatic carbocycles. The highest BCUT2D eigenvalue weighted by Gasteiger charge is 2.33. The number of halogens is 3. The highest BCUT2D eigenvalue weighted by molar-refractivity contribution is 7.07. The molecule has 0 spiro atoms. The second kappa shape index (κ2) is 10.3. The van der Waals surface area contributed by atoms with Gasteiger partial charge in [0.2, 0.25) is 0 Å². The molecule has 0 amide bonds. The summed E-state index contributed by atoms with van der Waals surface area (Å²) < 4.78 is 13.2. The number of hydrogen-bond donors (Lipinski definition) is 0. The van der Waals surface area contributed by atoms with Crippen molar-refractivity contribution in [2.45, 2.75) is 19.9 Å². The second-order valence-corrected chi connectivity index (χ2v) is 10.5. The van der Waals surface area contributed by atoms with E-state index in [1.807, 2.05) is 0 Å². The van der Waals surface area contributed by atoms with Crippen LogP contribution in [0, 0.1) is 0 Å². The van der Waals surface area contributed by atoms with E-state index < -0.39 is 12.0 Å². The quantitative estimate of drug-likeness (QED) is 0.274. The number of benzene rings is 2. The molecule has 0 radical (unpaired) electrons. The van der Waals surface area contributed by atoms with Gasteiger partial charge in [-0.05, 0) is 61.9 Å². The predicted molar refractivity (Wildman–Crippen MR) is 146 cm³/mol. The maximum Gasteiger partial charge on any atom is 0.338 e. The molecule has 1 aliphatic heterocycles. The Kier molecular flexibility index (Phi) is 7.14. The summed E-state index contributed by atoms with van der Waals surface area (Å²) in [5.41, 5.74) is 1.89. The smallest absolute Gasteiger partial charge is 0.338 e. The topological polar surface area (TPSA) is 73.8 Å². The van der Waals surface area contributed by atoms with E-state index in [0.29, 0.717) is 58.3 Å². The molecule has 2 aromatic carbocycles. The highest BCUT2D eigenvalue weighted by atomic mass is 35.5. The molecule has 0 fully saturated rings. The summed E-state index contributed by atoms with van der Waals surface area (Å²) in [6, 6.07) is 15.0. The maximum atomic E-state index is 13.7. The lowest BCUT2D eigenvalue weighted by atomic mass is 9.96. The van der Waals surface area contributed by atoms with Gasteiger partial charge in [0, 0.05) is 21.7 Å². The Labute approximate surface area is 230 Å². The summed E-state index contributed by atoms with van der Waals surface area (Å²) in [6.07, 6.45) is 1.65. The van der Waals surface area contributed by atoms with Crippen molar-refractivity contribution in [3.8, 4) is 11.3 Å². The molecule has 4 aromatic rings. The average molecular weight is 574 g/mol. The number of nitrogens with zero attached hydrogens (tertiary/aromatic N) is 2. The van der Waals surface area contributed by atoms with E-state index in [-0.39, 0.29) is 12.2 Å². The van der Waals surface area contributed by atoms with Crippen molar-refractivity contribution in [2.24, 2.45) is 4.99 Å². The van der Waals surface area contributed by atoms with Gasteiger partial charge >= 0.3 is 5.97 Å². The Morgan fingerprint density at radius 2 is 1.84 bits per heavy atom. The van der Waals surface area contributed by atoms with Crippen molar-refractivity contribution in [1.29, 1.82) is 0 Å². The zero-order valence-electron chi connectivity index (χ0n) is 19.6. The van der Waals surface area contributed by atoms with E-state index >= 15 is 0 Å². The van der Waals surface area contributed by atoms with Crippen LogP contribution in [0.15, 0.2) is 80.1 Å². The molecule has 0 N–H and O–H groups in total. The standard InChI is InChI=1S/C27H19Cl3N2O4S/c1-3-35-26(34)23-14(2)31-27-32(24(23)15-4-6-16(28)7-5-15)25(33)22(37-27)13-18-9-11-21(36-18)19-10-8-17(29)12-20(19)30/h4-13,24H,3H2,1-2H3/b22-13+/t24-/m1/s1. The first-order chi connectivity index (χ1) is 17.8. The number of ether oxygens (including phenoxy) is 1. The van der Waals surface area contributed by atoms with Crippen LogP contribution in [0.3, 0.4) is 0 Å². The summed E-state index contributed by atoms with van der Waals surface area (Å²) in [5, 5.41) is 1.52. The van der Waals surface area contributed by atoms with E-state index in [4.69, 9.17) is 44.0 Å². The van der Waals surface area contributed by atoms with E-state index in [1.165, 1.54) is 15.9 Å². The molecule has 37 heavy (non-hydrogen) atoms. The third-order valence-electron chi connectivity index (χ3n) is 5.80. The van der Waals surface area contributed by atoms with Gasteiger partial charge in [0.15, 0.2) is 4.80 Å². The van der Waals surface area contributed by atoms with Crippen LogP contribution >= 0.6 is 46.1 Å². The van der Waals surface area contributed by atoms with Crippen molar-refractivity contribution >= 4 is 58.2 Å². The molecule has 0 bridgehead atoms. The predicted octanol–water partition coefficient (Wildman–Crippen LogP) is 6.02. The van der Waals surface area contributed by atoms with Crippen LogP contribution in [0.4, 0.5) is 0 Å². The van der Waals surface area contributed by atoms with Gasteiger partial charge in [-0.1, -0.05) is 58.3 Å². The SMILES string of the molecule is CCOC(=O)C1=C(C)N=c2s/c(=C/c3ccc(-c4ccc(Cl)cc4Cl)o3)c(=O)n2[C@@H]1c1ccc(Cl)cc1. The summed E-state index contributed by atoms with van der Waals surface area (Å²) >= 11 is 19.6. The van der Waals surface area contributed by atoms with E-state index in [1.54, 1.807) is 74.5 Å². The Bertz CT molecular complexity index is 1730. The summed E-state index contributed by atoms with van der Waals surface area (Å²) in [6.45, 7) is 3.67. The number of fused-ring (bicyclic) bond motifs is 1. The summed E-state index contributed by atoms with van der Waals surface area (Å²) in [5.74, 6) is 0.490. The molecular weight excluding hydrogens is 555 g/mol. The van der Waals surface area contributed by atoms with Crippen LogP contribution in [0.1, 0.15) is 31.2 Å². The Morgan fingerprint density at radius 3 is 2.54 bits per heavy atom. The largest absolute Gasteiger partial charge is 0.463 e. The van der Waals surface area contributed by atoms with Crippen LogP contribution in [0.25, 0.3) is 17.4 Å². The number of furan rings is 1. The van der Waals surface area contributed by atoms with E-state index in [0.717, 1.165) is 0 Å². The molecule has 6 nitrogen and oxygen atoms in total. The van der Waals surface area contributed by atoms with Gasteiger partial charge in [0.05, 0.1) is 33.5 Å². The van der Waals surface area contributed by atoms with Crippen LogP contribution < -0.4 is 14.9 Å². The van der Waals surface area contributed by atoms with Gasteiger partial charge in [-0.15, -0.1) is 0 Å². The number of allylic oxidation sites excluding steroid dienone is 1. The van der Waals surface area contributed by atoms with Crippen LogP contribution in [-0.2, 0) is 9.53 Å². The first kappa shape index (κ1) is 25.5. The van der Waals surface area contributed by atoms with Gasteiger partial charge in [-0.2, -0.15) is 0 Å². The fourth-order valence-electron chi connectivity index (χ4n) is 4.15. The third-order valence-corrected chi connectivity index (χ3v) is 7.58. The van der Waals surface area contributed by atoms with E-state index in [9.17, 15) is 9.59 Å². The van der Waals surface area contributed by atoms with Crippen molar-refractivity contribution in [1.82, 2.24) is 4.57 Å². The summed E-state index contributed by atoms with van der Waals surface area (Å²) in [4.78, 5) is 31.7. The normalized spacial score (nSPS) is 15.5. The first-order valence-corrected chi connectivity index (χ1v) is 13.2. The Morgan fingerprint density at radius 1 is 1.11 bits per heavy atom. The molecule has 3 heterocycles. The number of aromatic nitrogens is 1. The van der Waals surface area contributed by atoms with Crippen LogP contribution in [0.5, 0.6) is 0 Å². The Balaban J connectivity index is 1.63.